The number of nitrogens with one attached hydrogen (secondary N) is 1. The maximum absolute atomic E-state index is 11.0. The number of benzene rings is 1. The molecule has 0 spiro atoms. The lowest BCUT2D eigenvalue weighted by atomic mass is 10.2. The van der Waals surface area contributed by atoms with Gasteiger partial charge in [0, 0.05) is 5.56 Å². The van der Waals surface area contributed by atoms with Crippen LogP contribution in [0.25, 0.3) is 6.08 Å². The number of hydrogen-bond acceptors (Lipinski definition) is 5. The van der Waals surface area contributed by atoms with Gasteiger partial charge < -0.3 is 9.47 Å². The van der Waals surface area contributed by atoms with Gasteiger partial charge in [-0.15, -0.1) is 0 Å². The second-order valence-corrected chi connectivity index (χ2v) is 3.58. The van der Waals surface area contributed by atoms with Crippen LogP contribution in [0.2, 0.25) is 0 Å². The van der Waals surface area contributed by atoms with Gasteiger partial charge in [-0.05, 0) is 6.07 Å². The number of ether oxygens (including phenoxy) is 2. The van der Waals surface area contributed by atoms with Crippen LogP contribution in [0.1, 0.15) is 12.0 Å². The van der Waals surface area contributed by atoms with Gasteiger partial charge >= 0.3 is 5.97 Å². The summed E-state index contributed by atoms with van der Waals surface area (Å²) < 4.78 is 9.84. The van der Waals surface area contributed by atoms with Crippen molar-refractivity contribution in [2.45, 2.75) is 6.42 Å². The van der Waals surface area contributed by atoms with E-state index in [0.29, 0.717) is 5.75 Å². The van der Waals surface area contributed by atoms with Gasteiger partial charge in [0.25, 0.3) is 5.91 Å². The molecule has 0 radical (unpaired) electrons. The molecule has 0 heterocycles. The van der Waals surface area contributed by atoms with Crippen molar-refractivity contribution in [3.05, 3.63) is 35.9 Å². The van der Waals surface area contributed by atoms with Gasteiger partial charge in [0.2, 0.25) is 0 Å². The second kappa shape index (κ2) is 7.88. The van der Waals surface area contributed by atoms with Crippen molar-refractivity contribution in [3.8, 4) is 5.75 Å². The highest BCUT2D eigenvalue weighted by Gasteiger charge is 2.03. The molecule has 1 rings (SSSR count). The van der Waals surface area contributed by atoms with Crippen LogP contribution in [-0.4, -0.2) is 25.6 Å². The molecule has 0 fully saturated rings. The average molecular weight is 264 g/mol. The Bertz CT molecular complexity index is 471. The molecule has 6 heteroatoms. The topological polar surface area (TPSA) is 90.6 Å². The molecule has 0 saturated heterocycles. The van der Waals surface area contributed by atoms with E-state index < -0.39 is 5.91 Å². The van der Waals surface area contributed by atoms with E-state index in [0.717, 1.165) is 5.56 Å². The Labute approximate surface area is 111 Å². The molecule has 102 valence electrons. The number of rotatable bonds is 6. The van der Waals surface area contributed by atoms with Crippen LogP contribution >= 0.6 is 0 Å². The zero-order valence-corrected chi connectivity index (χ0v) is 10.6. The Morgan fingerprint density at radius 2 is 2.11 bits per heavy atom. The van der Waals surface area contributed by atoms with Crippen molar-refractivity contribution in [2.24, 2.45) is 5.84 Å². The van der Waals surface area contributed by atoms with Crippen molar-refractivity contribution in [1.29, 1.82) is 0 Å². The molecule has 0 aliphatic rings. The standard InChI is InChI=1S/C13H16N2O4/c1-18-13(17)8-4-6-10-5-2-3-7-11(10)19-9-12(16)15-14/h2-7H,8-9,14H2,1H3,(H,15,16). The van der Waals surface area contributed by atoms with E-state index in [9.17, 15) is 9.59 Å². The number of hydrogen-bond donors (Lipinski definition) is 2. The molecule has 19 heavy (non-hydrogen) atoms. The Kier molecular flexibility index (Phi) is 6.11. The minimum absolute atomic E-state index is 0.168. The molecule has 1 amide bonds. The van der Waals surface area contributed by atoms with Crippen LogP contribution < -0.4 is 16.0 Å². The Balaban J connectivity index is 2.67. The number of para-hydroxylation sites is 1. The predicted molar refractivity (Wildman–Crippen MR) is 69.9 cm³/mol. The maximum atomic E-state index is 11.0. The van der Waals surface area contributed by atoms with Gasteiger partial charge in [-0.25, -0.2) is 5.84 Å². The van der Waals surface area contributed by atoms with Crippen LogP contribution in [0.5, 0.6) is 5.75 Å². The fourth-order valence-corrected chi connectivity index (χ4v) is 1.30. The average Bonchev–Trinajstić information content (AvgIpc) is 2.45. The number of carbonyl (C=O) groups is 2. The van der Waals surface area contributed by atoms with Crippen LogP contribution in [0.15, 0.2) is 30.3 Å². The lowest BCUT2D eigenvalue weighted by molar-refractivity contribution is -0.139. The summed E-state index contributed by atoms with van der Waals surface area (Å²) in [6, 6.07) is 7.14. The van der Waals surface area contributed by atoms with Crippen molar-refractivity contribution >= 4 is 18.0 Å². The first-order valence-corrected chi connectivity index (χ1v) is 5.62. The van der Waals surface area contributed by atoms with Gasteiger partial charge in [-0.2, -0.15) is 0 Å². The highest BCUT2D eigenvalue weighted by Crippen LogP contribution is 2.19. The van der Waals surface area contributed by atoms with Crippen molar-refractivity contribution in [2.75, 3.05) is 13.7 Å². The summed E-state index contributed by atoms with van der Waals surface area (Å²) in [7, 11) is 1.33. The van der Waals surface area contributed by atoms with Gasteiger partial charge in [0.05, 0.1) is 13.5 Å². The molecule has 0 aliphatic heterocycles. The fraction of sp³-hybridized carbons (Fsp3) is 0.231. The van der Waals surface area contributed by atoms with Gasteiger partial charge in [0.15, 0.2) is 6.61 Å². The summed E-state index contributed by atoms with van der Waals surface area (Å²) in [6.45, 7) is -0.168. The lowest BCUT2D eigenvalue weighted by Gasteiger charge is -2.07. The molecule has 3 N–H and O–H groups in total. The summed E-state index contributed by atoms with van der Waals surface area (Å²) >= 11 is 0. The third-order valence-electron chi connectivity index (χ3n) is 2.25. The third kappa shape index (κ3) is 5.22. The van der Waals surface area contributed by atoms with E-state index in [2.05, 4.69) is 4.74 Å². The van der Waals surface area contributed by atoms with Crippen molar-refractivity contribution in [3.63, 3.8) is 0 Å². The molecule has 0 bridgehead atoms. The van der Waals surface area contributed by atoms with Gasteiger partial charge in [-0.3, -0.25) is 15.0 Å². The number of methoxy groups -OCH3 is 1. The van der Waals surface area contributed by atoms with E-state index >= 15 is 0 Å². The third-order valence-corrected chi connectivity index (χ3v) is 2.25. The smallest absolute Gasteiger partial charge is 0.309 e. The number of esters is 1. The van der Waals surface area contributed by atoms with E-state index in [4.69, 9.17) is 10.6 Å². The van der Waals surface area contributed by atoms with Crippen molar-refractivity contribution in [1.82, 2.24) is 5.43 Å². The maximum Gasteiger partial charge on any atom is 0.309 e. The molecule has 0 unspecified atom stereocenters. The van der Waals surface area contributed by atoms with Gasteiger partial charge in [0.1, 0.15) is 5.75 Å². The quantitative estimate of drug-likeness (QED) is 0.340. The van der Waals surface area contributed by atoms with E-state index in [1.54, 1.807) is 24.3 Å². The molecule has 6 nitrogen and oxygen atoms in total. The first-order chi connectivity index (χ1) is 9.17. The second-order valence-electron chi connectivity index (χ2n) is 3.58. The van der Waals surface area contributed by atoms with Crippen LogP contribution in [-0.2, 0) is 14.3 Å². The molecule has 0 aliphatic carbocycles. The summed E-state index contributed by atoms with van der Waals surface area (Å²) in [5.74, 6) is 4.75. The Morgan fingerprint density at radius 3 is 2.79 bits per heavy atom. The van der Waals surface area contributed by atoms with Crippen LogP contribution in [0, 0.1) is 0 Å². The summed E-state index contributed by atoms with van der Waals surface area (Å²) in [6.07, 6.45) is 3.57. The summed E-state index contributed by atoms with van der Waals surface area (Å²) in [5, 5.41) is 0. The minimum Gasteiger partial charge on any atom is -0.483 e. The van der Waals surface area contributed by atoms with Crippen LogP contribution in [0.4, 0.5) is 0 Å². The molecular formula is C13H16N2O4. The minimum atomic E-state index is -0.423. The van der Waals surface area contributed by atoms with Crippen LogP contribution in [0.3, 0.4) is 0 Å². The molecule has 1 aromatic carbocycles. The first-order valence-electron chi connectivity index (χ1n) is 5.62. The SMILES string of the molecule is COC(=O)CC=Cc1ccccc1OCC(=O)NN. The lowest BCUT2D eigenvalue weighted by Crippen LogP contribution is -2.34. The van der Waals surface area contributed by atoms with Crippen molar-refractivity contribution < 1.29 is 19.1 Å². The monoisotopic (exact) mass is 264 g/mol. The highest BCUT2D eigenvalue weighted by atomic mass is 16.5. The normalized spacial score (nSPS) is 10.2. The largest absolute Gasteiger partial charge is 0.483 e. The fourth-order valence-electron chi connectivity index (χ4n) is 1.30. The van der Waals surface area contributed by atoms with Gasteiger partial charge in [-0.1, -0.05) is 30.4 Å². The number of amides is 1. The zero-order chi connectivity index (χ0) is 14.1. The number of hydrazine groups is 1. The number of carbonyl (C=O) groups excluding carboxylic acids is 2. The molecule has 1 aromatic rings. The molecule has 0 saturated carbocycles. The Morgan fingerprint density at radius 1 is 1.37 bits per heavy atom. The van der Waals surface area contributed by atoms with E-state index in [1.807, 2.05) is 17.6 Å². The molecule has 0 aromatic heterocycles. The highest BCUT2D eigenvalue weighted by molar-refractivity contribution is 5.77. The summed E-state index contributed by atoms with van der Waals surface area (Å²) in [4.78, 5) is 22.0. The number of nitrogens with two attached hydrogens (primary N) is 1. The van der Waals surface area contributed by atoms with E-state index in [-0.39, 0.29) is 19.0 Å². The van der Waals surface area contributed by atoms with E-state index in [1.165, 1.54) is 7.11 Å². The molecular weight excluding hydrogens is 248 g/mol. The zero-order valence-electron chi connectivity index (χ0n) is 10.6. The predicted octanol–water partition coefficient (Wildman–Crippen LogP) is 0.632. The first kappa shape index (κ1) is 14.7. The Hall–Kier alpha value is -2.34. The summed E-state index contributed by atoms with van der Waals surface area (Å²) in [5.41, 5.74) is 2.74. The molecule has 0 atom stereocenters.